The molecular weight excluding hydrogens is 424 g/mol. The summed E-state index contributed by atoms with van der Waals surface area (Å²) >= 11 is 0. The van der Waals surface area contributed by atoms with Crippen LogP contribution in [0.1, 0.15) is 29.9 Å². The van der Waals surface area contributed by atoms with Crippen molar-refractivity contribution in [1.29, 1.82) is 0 Å². The van der Waals surface area contributed by atoms with E-state index in [-0.39, 0.29) is 44.1 Å². The van der Waals surface area contributed by atoms with E-state index in [9.17, 15) is 14.4 Å². The zero-order valence-corrected chi connectivity index (χ0v) is 18.4. The molecule has 2 aromatic carbocycles. The molecule has 1 saturated heterocycles. The predicted octanol–water partition coefficient (Wildman–Crippen LogP) is 2.86. The molecule has 2 amide bonds. The summed E-state index contributed by atoms with van der Waals surface area (Å²) in [7, 11) is 0. The average Bonchev–Trinajstić information content (AvgIpc) is 3.16. The van der Waals surface area contributed by atoms with Crippen molar-refractivity contribution < 1.29 is 29.0 Å². The minimum Gasteiger partial charge on any atom is -0.481 e. The molecule has 1 heterocycles. The number of nitrogens with zero attached hydrogens (tertiary/aromatic N) is 1. The minimum absolute atomic E-state index is 0.00212. The van der Waals surface area contributed by atoms with Crippen molar-refractivity contribution in [3.63, 3.8) is 0 Å². The van der Waals surface area contributed by atoms with Gasteiger partial charge in [0.2, 0.25) is 5.91 Å². The van der Waals surface area contributed by atoms with Gasteiger partial charge in [-0.15, -0.1) is 0 Å². The van der Waals surface area contributed by atoms with Crippen LogP contribution in [-0.2, 0) is 19.1 Å². The number of aliphatic carboxylic acids is 1. The molecule has 2 aliphatic rings. The van der Waals surface area contributed by atoms with Crippen molar-refractivity contribution in [1.82, 2.24) is 10.2 Å². The molecule has 174 valence electrons. The van der Waals surface area contributed by atoms with Crippen molar-refractivity contribution in [2.24, 2.45) is 5.92 Å². The van der Waals surface area contributed by atoms with Crippen molar-refractivity contribution in [3.8, 4) is 11.1 Å². The van der Waals surface area contributed by atoms with E-state index in [2.05, 4.69) is 29.6 Å². The van der Waals surface area contributed by atoms with E-state index < -0.39 is 12.1 Å². The normalized spacial score (nSPS) is 15.6. The number of ether oxygens (including phenoxy) is 2. The molecule has 33 heavy (non-hydrogen) atoms. The van der Waals surface area contributed by atoms with Crippen LogP contribution in [0.3, 0.4) is 0 Å². The SMILES string of the molecule is O=C(NCCOCC(=O)N1CCC(C(=O)O)CC1)OCC1c2ccccc2-c2ccccc21. The first-order valence-corrected chi connectivity index (χ1v) is 11.2. The van der Waals surface area contributed by atoms with Crippen molar-refractivity contribution >= 4 is 18.0 Å². The number of rotatable bonds is 8. The maximum Gasteiger partial charge on any atom is 0.407 e. The van der Waals surface area contributed by atoms with E-state index in [0.717, 1.165) is 11.1 Å². The molecule has 0 atom stereocenters. The molecule has 0 radical (unpaired) electrons. The molecule has 2 aromatic rings. The number of carbonyl (C=O) groups is 3. The topological polar surface area (TPSA) is 105 Å². The number of likely N-dealkylation sites (tertiary alicyclic amines) is 1. The van der Waals surface area contributed by atoms with Crippen LogP contribution in [0, 0.1) is 5.92 Å². The summed E-state index contributed by atoms with van der Waals surface area (Å²) < 4.78 is 10.8. The molecule has 8 heteroatoms. The number of carboxylic acid groups (broad SMARTS) is 1. The van der Waals surface area contributed by atoms with Gasteiger partial charge in [0.1, 0.15) is 13.2 Å². The summed E-state index contributed by atoms with van der Waals surface area (Å²) in [6.45, 7) is 1.41. The molecular formula is C25H28N2O6. The smallest absolute Gasteiger partial charge is 0.407 e. The van der Waals surface area contributed by atoms with E-state index in [1.54, 1.807) is 4.90 Å². The highest BCUT2D eigenvalue weighted by Crippen LogP contribution is 2.44. The van der Waals surface area contributed by atoms with Crippen LogP contribution in [0.5, 0.6) is 0 Å². The first kappa shape index (κ1) is 22.8. The van der Waals surface area contributed by atoms with Gasteiger partial charge in [-0.25, -0.2) is 4.79 Å². The van der Waals surface area contributed by atoms with Gasteiger partial charge >= 0.3 is 12.1 Å². The highest BCUT2D eigenvalue weighted by molar-refractivity contribution is 5.79. The third kappa shape index (κ3) is 5.34. The summed E-state index contributed by atoms with van der Waals surface area (Å²) in [4.78, 5) is 36.9. The number of alkyl carbamates (subject to hydrolysis) is 1. The van der Waals surface area contributed by atoms with Gasteiger partial charge in [-0.05, 0) is 35.1 Å². The Kier molecular flexibility index (Phi) is 7.24. The Morgan fingerprint density at radius 1 is 0.970 bits per heavy atom. The highest BCUT2D eigenvalue weighted by atomic mass is 16.5. The van der Waals surface area contributed by atoms with Gasteiger partial charge in [0.15, 0.2) is 0 Å². The average molecular weight is 453 g/mol. The molecule has 0 bridgehead atoms. The number of nitrogens with one attached hydrogen (secondary N) is 1. The van der Waals surface area contributed by atoms with Crippen LogP contribution in [-0.4, -0.2) is 67.4 Å². The molecule has 1 aliphatic heterocycles. The fourth-order valence-corrected chi connectivity index (χ4v) is 4.50. The van der Waals surface area contributed by atoms with Crippen LogP contribution >= 0.6 is 0 Å². The number of hydrogen-bond acceptors (Lipinski definition) is 5. The molecule has 0 saturated carbocycles. The standard InChI is InChI=1S/C25H28N2O6/c28-23(27-12-9-17(10-13-27)24(29)30)16-32-14-11-26-25(31)33-15-22-20-7-3-1-5-18(20)19-6-2-4-8-21(19)22/h1-8,17,22H,9-16H2,(H,26,31)(H,29,30). The number of hydrogen-bond donors (Lipinski definition) is 2. The third-order valence-electron chi connectivity index (χ3n) is 6.28. The van der Waals surface area contributed by atoms with Gasteiger partial charge < -0.3 is 24.8 Å². The maximum atomic E-state index is 12.2. The number of fused-ring (bicyclic) bond motifs is 3. The highest BCUT2D eigenvalue weighted by Gasteiger charge is 2.29. The lowest BCUT2D eigenvalue weighted by Crippen LogP contribution is -2.42. The molecule has 0 aromatic heterocycles. The Morgan fingerprint density at radius 3 is 2.18 bits per heavy atom. The van der Waals surface area contributed by atoms with Gasteiger partial charge in [0.25, 0.3) is 0 Å². The van der Waals surface area contributed by atoms with E-state index in [1.807, 2.05) is 24.3 Å². The lowest BCUT2D eigenvalue weighted by Gasteiger charge is -2.30. The molecule has 8 nitrogen and oxygen atoms in total. The van der Waals surface area contributed by atoms with Gasteiger partial charge in [-0.2, -0.15) is 0 Å². The number of carbonyl (C=O) groups excluding carboxylic acids is 2. The Hall–Kier alpha value is -3.39. The molecule has 0 spiro atoms. The lowest BCUT2D eigenvalue weighted by molar-refractivity contribution is -0.146. The lowest BCUT2D eigenvalue weighted by atomic mass is 9.97. The number of amides is 2. The summed E-state index contributed by atoms with van der Waals surface area (Å²) in [6.07, 6.45) is 0.400. The minimum atomic E-state index is -0.808. The quantitative estimate of drug-likeness (QED) is 0.597. The summed E-state index contributed by atoms with van der Waals surface area (Å²) in [5, 5.41) is 11.7. The van der Waals surface area contributed by atoms with Crippen molar-refractivity contribution in [2.45, 2.75) is 18.8 Å². The van der Waals surface area contributed by atoms with E-state index in [1.165, 1.54) is 11.1 Å². The van der Waals surface area contributed by atoms with Crippen LogP contribution in [0.2, 0.25) is 0 Å². The molecule has 2 N–H and O–H groups in total. The second-order valence-electron chi connectivity index (χ2n) is 8.30. The van der Waals surface area contributed by atoms with Crippen molar-refractivity contribution in [2.75, 3.05) is 39.5 Å². The van der Waals surface area contributed by atoms with Crippen molar-refractivity contribution in [3.05, 3.63) is 59.7 Å². The van der Waals surface area contributed by atoms with Gasteiger partial charge in [0.05, 0.1) is 12.5 Å². The van der Waals surface area contributed by atoms with Gasteiger partial charge in [0, 0.05) is 25.6 Å². The van der Waals surface area contributed by atoms with E-state index in [0.29, 0.717) is 25.9 Å². The summed E-state index contributed by atoms with van der Waals surface area (Å²) in [5.41, 5.74) is 4.65. The molecule has 1 aliphatic carbocycles. The summed E-state index contributed by atoms with van der Waals surface area (Å²) in [5.74, 6) is -1.35. The molecule has 4 rings (SSSR count). The fourth-order valence-electron chi connectivity index (χ4n) is 4.50. The number of piperidine rings is 1. The number of carboxylic acids is 1. The van der Waals surface area contributed by atoms with E-state index in [4.69, 9.17) is 14.6 Å². The molecule has 1 fully saturated rings. The van der Waals surface area contributed by atoms with Gasteiger partial charge in [-0.1, -0.05) is 48.5 Å². The maximum absolute atomic E-state index is 12.2. The fraction of sp³-hybridized carbons (Fsp3) is 0.400. The Morgan fingerprint density at radius 2 is 1.58 bits per heavy atom. The second-order valence-corrected chi connectivity index (χ2v) is 8.30. The summed E-state index contributed by atoms with van der Waals surface area (Å²) in [6, 6.07) is 16.3. The predicted molar refractivity (Wildman–Crippen MR) is 121 cm³/mol. The Bertz CT molecular complexity index is 970. The zero-order chi connectivity index (χ0) is 23.2. The first-order valence-electron chi connectivity index (χ1n) is 11.2. The second kappa shape index (κ2) is 10.5. The Labute approximate surface area is 192 Å². The zero-order valence-electron chi connectivity index (χ0n) is 18.4. The molecule has 0 unspecified atom stereocenters. The van der Waals surface area contributed by atoms with Crippen LogP contribution in [0.4, 0.5) is 4.79 Å². The van der Waals surface area contributed by atoms with Crippen LogP contribution < -0.4 is 5.32 Å². The van der Waals surface area contributed by atoms with E-state index >= 15 is 0 Å². The first-order chi connectivity index (χ1) is 16.0. The number of benzene rings is 2. The monoisotopic (exact) mass is 452 g/mol. The largest absolute Gasteiger partial charge is 0.481 e. The third-order valence-corrected chi connectivity index (χ3v) is 6.28. The van der Waals surface area contributed by atoms with Crippen LogP contribution in [0.15, 0.2) is 48.5 Å². The van der Waals surface area contributed by atoms with Gasteiger partial charge in [-0.3, -0.25) is 9.59 Å². The van der Waals surface area contributed by atoms with Crippen LogP contribution in [0.25, 0.3) is 11.1 Å². The Balaban J connectivity index is 1.15.